The molecule has 1 aromatic carbocycles. The second-order valence-electron chi connectivity index (χ2n) is 3.85. The van der Waals surface area contributed by atoms with Crippen molar-refractivity contribution in [1.29, 1.82) is 0 Å². The van der Waals surface area contributed by atoms with Crippen molar-refractivity contribution in [2.24, 2.45) is 0 Å². The van der Waals surface area contributed by atoms with E-state index in [2.05, 4.69) is 18.8 Å². The van der Waals surface area contributed by atoms with Crippen molar-refractivity contribution in [3.8, 4) is 0 Å². The van der Waals surface area contributed by atoms with Gasteiger partial charge in [0.15, 0.2) is 0 Å². The first-order valence-electron chi connectivity index (χ1n) is 6.00. The Morgan fingerprint density at radius 2 is 2.18 bits per heavy atom. The average molecular weight is 254 g/mol. The zero-order valence-electron chi connectivity index (χ0n) is 10.6. The van der Waals surface area contributed by atoms with Gasteiger partial charge in [0.2, 0.25) is 0 Å². The number of halogens is 1. The monoisotopic (exact) mass is 253 g/mol. The molecule has 0 amide bonds. The Morgan fingerprint density at radius 3 is 2.76 bits per heavy atom. The van der Waals surface area contributed by atoms with Crippen LogP contribution in [0.4, 0.5) is 0 Å². The molecule has 2 nitrogen and oxygen atoms in total. The molecule has 0 aliphatic heterocycles. The summed E-state index contributed by atoms with van der Waals surface area (Å²) in [6.45, 7) is 10.4. The highest BCUT2D eigenvalue weighted by Crippen LogP contribution is 2.24. The third kappa shape index (κ3) is 4.41. The molecule has 0 radical (unpaired) electrons. The van der Waals surface area contributed by atoms with Crippen LogP contribution in [0.25, 0.3) is 5.76 Å². The van der Waals surface area contributed by atoms with Crippen LogP contribution >= 0.6 is 11.6 Å². The van der Waals surface area contributed by atoms with Gasteiger partial charge in [-0.2, -0.15) is 0 Å². The minimum atomic E-state index is 0.606. The lowest BCUT2D eigenvalue weighted by atomic mass is 10.1. The molecule has 0 aliphatic rings. The van der Waals surface area contributed by atoms with Crippen molar-refractivity contribution in [2.75, 3.05) is 13.2 Å². The molecule has 0 unspecified atom stereocenters. The van der Waals surface area contributed by atoms with E-state index < -0.39 is 0 Å². The van der Waals surface area contributed by atoms with Gasteiger partial charge >= 0.3 is 0 Å². The minimum absolute atomic E-state index is 0.606. The van der Waals surface area contributed by atoms with Crippen LogP contribution in [0, 0.1) is 0 Å². The van der Waals surface area contributed by atoms with Gasteiger partial charge in [-0.15, -0.1) is 0 Å². The summed E-state index contributed by atoms with van der Waals surface area (Å²) in [6, 6.07) is 5.97. The molecule has 0 saturated carbocycles. The van der Waals surface area contributed by atoms with Crippen molar-refractivity contribution in [1.82, 2.24) is 5.32 Å². The van der Waals surface area contributed by atoms with E-state index >= 15 is 0 Å². The quantitative estimate of drug-likeness (QED) is 0.589. The van der Waals surface area contributed by atoms with E-state index in [1.54, 1.807) is 0 Å². The Balaban J connectivity index is 2.68. The second kappa shape index (κ2) is 7.36. The third-order valence-corrected chi connectivity index (χ3v) is 2.72. The van der Waals surface area contributed by atoms with Crippen LogP contribution in [-0.4, -0.2) is 13.2 Å². The summed E-state index contributed by atoms with van der Waals surface area (Å²) in [7, 11) is 0. The molecule has 0 bridgehead atoms. The third-order valence-electron chi connectivity index (χ3n) is 2.41. The van der Waals surface area contributed by atoms with Gasteiger partial charge in [-0.25, -0.2) is 0 Å². The maximum absolute atomic E-state index is 6.20. The molecule has 17 heavy (non-hydrogen) atoms. The molecule has 0 heterocycles. The predicted molar refractivity (Wildman–Crippen MR) is 74.1 cm³/mol. The first-order chi connectivity index (χ1) is 8.19. The van der Waals surface area contributed by atoms with E-state index in [-0.39, 0.29) is 0 Å². The zero-order chi connectivity index (χ0) is 12.7. The number of nitrogens with one attached hydrogen (secondary N) is 1. The van der Waals surface area contributed by atoms with E-state index in [9.17, 15) is 0 Å². The van der Waals surface area contributed by atoms with Crippen LogP contribution in [0.5, 0.6) is 0 Å². The molecule has 0 spiro atoms. The fourth-order valence-electron chi connectivity index (χ4n) is 1.56. The Morgan fingerprint density at radius 1 is 1.41 bits per heavy atom. The van der Waals surface area contributed by atoms with Crippen LogP contribution < -0.4 is 5.32 Å². The summed E-state index contributed by atoms with van der Waals surface area (Å²) in [5, 5.41) is 4.03. The highest BCUT2D eigenvalue weighted by atomic mass is 35.5. The number of ether oxygens (including phenoxy) is 1. The lowest BCUT2D eigenvalue weighted by molar-refractivity contribution is 0.299. The summed E-state index contributed by atoms with van der Waals surface area (Å²) in [5.74, 6) is 0.630. The first-order valence-corrected chi connectivity index (χ1v) is 6.38. The Hall–Kier alpha value is -0.990. The fraction of sp³-hybridized carbons (Fsp3) is 0.429. The fourth-order valence-corrected chi connectivity index (χ4v) is 1.86. The highest BCUT2D eigenvalue weighted by Gasteiger charge is 2.06. The van der Waals surface area contributed by atoms with Crippen molar-refractivity contribution in [3.63, 3.8) is 0 Å². The van der Waals surface area contributed by atoms with Gasteiger partial charge < -0.3 is 10.1 Å². The van der Waals surface area contributed by atoms with Gasteiger partial charge in [0.1, 0.15) is 5.76 Å². The van der Waals surface area contributed by atoms with Crippen LogP contribution in [0.15, 0.2) is 24.8 Å². The minimum Gasteiger partial charge on any atom is -0.494 e. The smallest absolute Gasteiger partial charge is 0.120 e. The first kappa shape index (κ1) is 14.1. The average Bonchev–Trinajstić information content (AvgIpc) is 2.29. The normalized spacial score (nSPS) is 10.3. The summed E-state index contributed by atoms with van der Waals surface area (Å²) in [4.78, 5) is 0. The molecule has 1 N–H and O–H groups in total. The maximum Gasteiger partial charge on any atom is 0.120 e. The maximum atomic E-state index is 6.20. The van der Waals surface area contributed by atoms with E-state index in [0.717, 1.165) is 25.1 Å². The zero-order valence-corrected chi connectivity index (χ0v) is 11.3. The molecular formula is C14H20ClNO. The SMILES string of the molecule is C=C(OCC)c1ccc(CNCCC)cc1Cl. The summed E-state index contributed by atoms with van der Waals surface area (Å²) < 4.78 is 5.35. The number of rotatable bonds is 7. The van der Waals surface area contributed by atoms with Crippen molar-refractivity contribution in [3.05, 3.63) is 40.9 Å². The van der Waals surface area contributed by atoms with Crippen LogP contribution in [-0.2, 0) is 11.3 Å². The Kier molecular flexibility index (Phi) is 6.09. The van der Waals surface area contributed by atoms with Gasteiger partial charge in [-0.3, -0.25) is 0 Å². The molecule has 0 atom stereocenters. The summed E-state index contributed by atoms with van der Waals surface area (Å²) in [5.41, 5.74) is 2.05. The van der Waals surface area contributed by atoms with Crippen LogP contribution in [0.1, 0.15) is 31.4 Å². The lowest BCUT2D eigenvalue weighted by Crippen LogP contribution is -2.13. The topological polar surface area (TPSA) is 21.3 Å². The van der Waals surface area contributed by atoms with Gasteiger partial charge in [0.25, 0.3) is 0 Å². The number of hydrogen-bond acceptors (Lipinski definition) is 2. The number of hydrogen-bond donors (Lipinski definition) is 1. The lowest BCUT2D eigenvalue weighted by Gasteiger charge is -2.10. The molecule has 1 aromatic rings. The van der Waals surface area contributed by atoms with Gasteiger partial charge in [-0.1, -0.05) is 31.2 Å². The molecular weight excluding hydrogens is 234 g/mol. The molecule has 94 valence electrons. The van der Waals surface area contributed by atoms with E-state index in [4.69, 9.17) is 16.3 Å². The van der Waals surface area contributed by atoms with E-state index in [1.807, 2.05) is 25.1 Å². The molecule has 0 saturated heterocycles. The van der Waals surface area contributed by atoms with Crippen molar-refractivity contribution >= 4 is 17.4 Å². The highest BCUT2D eigenvalue weighted by molar-refractivity contribution is 6.32. The van der Waals surface area contributed by atoms with Gasteiger partial charge in [0.05, 0.1) is 11.6 Å². The number of benzene rings is 1. The Bertz CT molecular complexity index is 376. The largest absolute Gasteiger partial charge is 0.494 e. The molecule has 1 rings (SSSR count). The predicted octanol–water partition coefficient (Wildman–Crippen LogP) is 3.85. The standard InChI is InChI=1S/C14H20ClNO/c1-4-8-16-10-12-6-7-13(14(15)9-12)11(3)17-5-2/h6-7,9,16H,3-5,8,10H2,1-2H3. The van der Waals surface area contributed by atoms with Crippen LogP contribution in [0.2, 0.25) is 5.02 Å². The molecule has 0 aromatic heterocycles. The Labute approximate surface area is 109 Å². The van der Waals surface area contributed by atoms with Crippen LogP contribution in [0.3, 0.4) is 0 Å². The second-order valence-corrected chi connectivity index (χ2v) is 4.25. The van der Waals surface area contributed by atoms with E-state index in [1.165, 1.54) is 5.56 Å². The molecule has 0 aliphatic carbocycles. The van der Waals surface area contributed by atoms with E-state index in [0.29, 0.717) is 17.4 Å². The summed E-state index contributed by atoms with van der Waals surface area (Å²) >= 11 is 6.20. The van der Waals surface area contributed by atoms with Gasteiger partial charge in [-0.05, 0) is 37.6 Å². The molecule has 0 fully saturated rings. The molecule has 3 heteroatoms. The van der Waals surface area contributed by atoms with Crippen molar-refractivity contribution < 1.29 is 4.74 Å². The van der Waals surface area contributed by atoms with Gasteiger partial charge in [0, 0.05) is 12.1 Å². The summed E-state index contributed by atoms with van der Waals surface area (Å²) in [6.07, 6.45) is 1.13. The van der Waals surface area contributed by atoms with Crippen molar-refractivity contribution in [2.45, 2.75) is 26.8 Å².